The Kier molecular flexibility index (Phi) is 4.81. The van der Waals surface area contributed by atoms with Gasteiger partial charge in [-0.05, 0) is 84.5 Å². The number of anilines is 1. The van der Waals surface area contributed by atoms with Crippen LogP contribution in [0.15, 0.2) is 43.9 Å². The van der Waals surface area contributed by atoms with E-state index in [9.17, 15) is 0 Å². The van der Waals surface area contributed by atoms with Crippen LogP contribution in [0, 0.1) is 6.92 Å². The molecule has 0 atom stereocenters. The summed E-state index contributed by atoms with van der Waals surface area (Å²) < 4.78 is 2.94. The van der Waals surface area contributed by atoms with Crippen LogP contribution in [0.2, 0.25) is 0 Å². The molecule has 0 saturated carbocycles. The number of nitrogens with one attached hydrogen (secondary N) is 1. The third kappa shape index (κ3) is 3.56. The summed E-state index contributed by atoms with van der Waals surface area (Å²) in [5.41, 5.74) is 3.24. The molecule has 94 valence electrons. The van der Waals surface area contributed by atoms with E-state index in [0.717, 1.165) is 24.9 Å². The van der Waals surface area contributed by atoms with Crippen LogP contribution in [0.25, 0.3) is 0 Å². The van der Waals surface area contributed by atoms with Gasteiger partial charge in [-0.3, -0.25) is 0 Å². The van der Waals surface area contributed by atoms with E-state index in [1.54, 1.807) is 0 Å². The van der Waals surface area contributed by atoms with Crippen molar-refractivity contribution in [3.8, 4) is 0 Å². The van der Waals surface area contributed by atoms with Gasteiger partial charge >= 0.3 is 0 Å². The Balaban J connectivity index is 2.16. The van der Waals surface area contributed by atoms with Crippen molar-refractivity contribution in [1.29, 1.82) is 0 Å². The fourth-order valence-electron chi connectivity index (χ4n) is 1.60. The molecule has 0 aliphatic carbocycles. The second-order valence-electron chi connectivity index (χ2n) is 3.91. The number of halogens is 3. The van der Waals surface area contributed by atoms with Gasteiger partial charge in [-0.2, -0.15) is 0 Å². The molecule has 0 aliphatic rings. The fourth-order valence-corrected chi connectivity index (χ4v) is 3.67. The van der Waals surface area contributed by atoms with E-state index < -0.39 is 0 Å². The van der Waals surface area contributed by atoms with Crippen molar-refractivity contribution >= 4 is 53.5 Å². The summed E-state index contributed by atoms with van der Waals surface area (Å²) in [5.74, 6) is 0. The Hall–Kier alpha value is -0.390. The summed E-state index contributed by atoms with van der Waals surface area (Å²) >= 11 is 10.5. The summed E-state index contributed by atoms with van der Waals surface area (Å²) in [7, 11) is 0. The molecule has 0 spiro atoms. The standard InChI is InChI=1S/C13H11Br3N2/c1-8-5-10(14)13(11(15)6-8)17-7-9-3-2-4-12(16)18-9/h2-6,17H,7H2,1H3. The number of nitrogens with zero attached hydrogens (tertiary/aromatic N) is 1. The molecule has 0 unspecified atom stereocenters. The molecule has 2 nitrogen and oxygen atoms in total. The summed E-state index contributed by atoms with van der Waals surface area (Å²) in [5, 5.41) is 3.37. The van der Waals surface area contributed by atoms with Crippen LogP contribution in [-0.2, 0) is 6.54 Å². The molecule has 1 N–H and O–H groups in total. The lowest BCUT2D eigenvalue weighted by Gasteiger charge is -2.11. The molecule has 0 saturated heterocycles. The minimum absolute atomic E-state index is 0.680. The molecule has 2 aromatic rings. The van der Waals surface area contributed by atoms with Crippen LogP contribution < -0.4 is 5.32 Å². The maximum Gasteiger partial charge on any atom is 0.106 e. The van der Waals surface area contributed by atoms with Crippen LogP contribution in [0.5, 0.6) is 0 Å². The minimum atomic E-state index is 0.680. The average Bonchev–Trinajstić information content (AvgIpc) is 2.27. The van der Waals surface area contributed by atoms with Crippen LogP contribution in [0.1, 0.15) is 11.3 Å². The predicted molar refractivity (Wildman–Crippen MR) is 85.8 cm³/mol. The van der Waals surface area contributed by atoms with E-state index in [-0.39, 0.29) is 0 Å². The van der Waals surface area contributed by atoms with Crippen molar-refractivity contribution < 1.29 is 0 Å². The Morgan fingerprint density at radius 3 is 2.39 bits per heavy atom. The second kappa shape index (κ2) is 6.17. The average molecular weight is 435 g/mol. The zero-order valence-electron chi connectivity index (χ0n) is 9.67. The molecule has 1 aromatic heterocycles. The smallest absolute Gasteiger partial charge is 0.106 e. The second-order valence-corrected chi connectivity index (χ2v) is 6.43. The normalized spacial score (nSPS) is 10.4. The number of rotatable bonds is 3. The largest absolute Gasteiger partial charge is 0.378 e. The molecule has 18 heavy (non-hydrogen) atoms. The van der Waals surface area contributed by atoms with Gasteiger partial charge in [-0.1, -0.05) is 6.07 Å². The molecular formula is C13H11Br3N2. The molecule has 0 bridgehead atoms. The van der Waals surface area contributed by atoms with Crippen molar-refractivity contribution in [3.05, 3.63) is 55.1 Å². The number of hydrogen-bond acceptors (Lipinski definition) is 2. The molecule has 1 aromatic carbocycles. The lowest BCUT2D eigenvalue weighted by Crippen LogP contribution is -2.03. The van der Waals surface area contributed by atoms with Gasteiger partial charge in [0, 0.05) is 8.95 Å². The van der Waals surface area contributed by atoms with Crippen molar-refractivity contribution in [3.63, 3.8) is 0 Å². The Labute approximate surface area is 132 Å². The van der Waals surface area contributed by atoms with E-state index in [4.69, 9.17) is 0 Å². The molecule has 0 fully saturated rings. The van der Waals surface area contributed by atoms with Crippen LogP contribution in [0.4, 0.5) is 5.69 Å². The van der Waals surface area contributed by atoms with E-state index in [0.29, 0.717) is 6.54 Å². The topological polar surface area (TPSA) is 24.9 Å². The SMILES string of the molecule is Cc1cc(Br)c(NCc2cccc(Br)n2)c(Br)c1. The third-order valence-electron chi connectivity index (χ3n) is 2.41. The van der Waals surface area contributed by atoms with Gasteiger partial charge in [0.2, 0.25) is 0 Å². The van der Waals surface area contributed by atoms with Gasteiger partial charge in [-0.15, -0.1) is 0 Å². The molecule has 0 amide bonds. The van der Waals surface area contributed by atoms with Gasteiger partial charge in [0.05, 0.1) is 17.9 Å². The van der Waals surface area contributed by atoms with Gasteiger partial charge in [-0.25, -0.2) is 4.98 Å². The quantitative estimate of drug-likeness (QED) is 0.664. The van der Waals surface area contributed by atoms with Crippen molar-refractivity contribution in [1.82, 2.24) is 4.98 Å². The third-order valence-corrected chi connectivity index (χ3v) is 4.10. The Bertz CT molecular complexity index is 547. The van der Waals surface area contributed by atoms with Crippen LogP contribution in [0.3, 0.4) is 0 Å². The van der Waals surface area contributed by atoms with E-state index in [1.807, 2.05) is 18.2 Å². The summed E-state index contributed by atoms with van der Waals surface area (Å²) in [4.78, 5) is 4.39. The van der Waals surface area contributed by atoms with Gasteiger partial charge in [0.25, 0.3) is 0 Å². The molecular weight excluding hydrogens is 424 g/mol. The summed E-state index contributed by atoms with van der Waals surface area (Å²) in [6.07, 6.45) is 0. The summed E-state index contributed by atoms with van der Waals surface area (Å²) in [6.45, 7) is 2.74. The monoisotopic (exact) mass is 432 g/mol. The molecule has 5 heteroatoms. The first-order chi connectivity index (χ1) is 8.56. The summed E-state index contributed by atoms with van der Waals surface area (Å²) in [6, 6.07) is 10.1. The lowest BCUT2D eigenvalue weighted by atomic mass is 10.2. The predicted octanol–water partition coefficient (Wildman–Crippen LogP) is 5.29. The number of benzene rings is 1. The van der Waals surface area contributed by atoms with E-state index in [2.05, 4.69) is 77.1 Å². The van der Waals surface area contributed by atoms with Crippen molar-refractivity contribution in [2.75, 3.05) is 5.32 Å². The number of pyridine rings is 1. The van der Waals surface area contributed by atoms with Gasteiger partial charge in [0.1, 0.15) is 4.60 Å². The van der Waals surface area contributed by atoms with Gasteiger partial charge in [0.15, 0.2) is 0 Å². The van der Waals surface area contributed by atoms with Crippen molar-refractivity contribution in [2.45, 2.75) is 13.5 Å². The highest BCUT2D eigenvalue weighted by Gasteiger charge is 2.06. The highest BCUT2D eigenvalue weighted by molar-refractivity contribution is 9.11. The first-order valence-corrected chi connectivity index (χ1v) is 7.75. The molecule has 1 heterocycles. The lowest BCUT2D eigenvalue weighted by molar-refractivity contribution is 1.03. The number of hydrogen-bond donors (Lipinski definition) is 1. The highest BCUT2D eigenvalue weighted by Crippen LogP contribution is 2.32. The number of aromatic nitrogens is 1. The zero-order valence-corrected chi connectivity index (χ0v) is 14.4. The molecule has 2 rings (SSSR count). The van der Waals surface area contributed by atoms with Gasteiger partial charge < -0.3 is 5.32 Å². The fraction of sp³-hybridized carbons (Fsp3) is 0.154. The molecule has 0 aliphatic heterocycles. The Morgan fingerprint density at radius 1 is 1.11 bits per heavy atom. The first kappa shape index (κ1) is 14.0. The van der Waals surface area contributed by atoms with E-state index in [1.165, 1.54) is 5.56 Å². The van der Waals surface area contributed by atoms with Crippen LogP contribution >= 0.6 is 47.8 Å². The Morgan fingerprint density at radius 2 is 1.78 bits per heavy atom. The van der Waals surface area contributed by atoms with E-state index >= 15 is 0 Å². The molecule has 0 radical (unpaired) electrons. The highest BCUT2D eigenvalue weighted by atomic mass is 79.9. The maximum atomic E-state index is 4.39. The van der Waals surface area contributed by atoms with Crippen LogP contribution in [-0.4, -0.2) is 4.98 Å². The first-order valence-electron chi connectivity index (χ1n) is 5.37. The minimum Gasteiger partial charge on any atom is -0.378 e. The zero-order chi connectivity index (χ0) is 13.1. The number of aryl methyl sites for hydroxylation is 1. The van der Waals surface area contributed by atoms with Crippen molar-refractivity contribution in [2.24, 2.45) is 0 Å². The maximum absolute atomic E-state index is 4.39.